The molecule has 1 fully saturated rings. The summed E-state index contributed by atoms with van der Waals surface area (Å²) in [5.41, 5.74) is 3.33. The minimum Gasteiger partial charge on any atom is -0.364 e. The van der Waals surface area contributed by atoms with E-state index in [-0.39, 0.29) is 11.3 Å². The van der Waals surface area contributed by atoms with Crippen LogP contribution < -0.4 is 5.32 Å². The molecule has 0 spiro atoms. The van der Waals surface area contributed by atoms with Crippen LogP contribution in [-0.2, 0) is 5.41 Å². The van der Waals surface area contributed by atoms with Crippen LogP contribution in [0.25, 0.3) is 0 Å². The SMILES string of the molecule is O=C(c1ccon1)N1CCC(c2ccccc2)(c2csc(Nc3ccncc3)n2)CC1. The molecule has 0 unspecified atom stereocenters. The summed E-state index contributed by atoms with van der Waals surface area (Å²) in [7, 11) is 0. The fourth-order valence-electron chi connectivity index (χ4n) is 4.14. The maximum Gasteiger partial charge on any atom is 0.276 e. The molecule has 7 nitrogen and oxygen atoms in total. The van der Waals surface area contributed by atoms with Gasteiger partial charge in [-0.1, -0.05) is 35.5 Å². The third-order valence-electron chi connectivity index (χ3n) is 5.81. The molecule has 4 heterocycles. The van der Waals surface area contributed by atoms with E-state index in [9.17, 15) is 4.79 Å². The molecule has 0 radical (unpaired) electrons. The van der Waals surface area contributed by atoms with E-state index < -0.39 is 0 Å². The number of pyridine rings is 1. The summed E-state index contributed by atoms with van der Waals surface area (Å²) >= 11 is 1.59. The van der Waals surface area contributed by atoms with Crippen LogP contribution >= 0.6 is 11.3 Å². The number of anilines is 2. The van der Waals surface area contributed by atoms with Crippen LogP contribution in [0.15, 0.2) is 77.1 Å². The van der Waals surface area contributed by atoms with Gasteiger partial charge in [0.15, 0.2) is 10.8 Å². The molecule has 0 bridgehead atoms. The van der Waals surface area contributed by atoms with Crippen molar-refractivity contribution in [2.45, 2.75) is 18.3 Å². The van der Waals surface area contributed by atoms with Gasteiger partial charge in [-0.05, 0) is 30.5 Å². The number of aromatic nitrogens is 3. The highest BCUT2D eigenvalue weighted by molar-refractivity contribution is 7.13. The van der Waals surface area contributed by atoms with Crippen molar-refractivity contribution in [3.05, 3.63) is 89.5 Å². The van der Waals surface area contributed by atoms with Crippen LogP contribution in [0.1, 0.15) is 34.6 Å². The number of carbonyl (C=O) groups is 1. The van der Waals surface area contributed by atoms with Crippen molar-refractivity contribution in [1.82, 2.24) is 20.0 Å². The van der Waals surface area contributed by atoms with Crippen molar-refractivity contribution in [3.8, 4) is 0 Å². The first kappa shape index (κ1) is 19.4. The smallest absolute Gasteiger partial charge is 0.276 e. The Bertz CT molecular complexity index is 1140. The molecule has 1 aromatic carbocycles. The second-order valence-corrected chi connectivity index (χ2v) is 8.38. The van der Waals surface area contributed by atoms with Crippen LogP contribution in [0, 0.1) is 0 Å². The Labute approximate surface area is 183 Å². The molecule has 8 heteroatoms. The average molecular weight is 432 g/mol. The zero-order valence-corrected chi connectivity index (χ0v) is 17.6. The van der Waals surface area contributed by atoms with Gasteiger partial charge in [-0.25, -0.2) is 4.98 Å². The predicted octanol–water partition coefficient (Wildman–Crippen LogP) is 4.49. The summed E-state index contributed by atoms with van der Waals surface area (Å²) in [5.74, 6) is -0.0891. The van der Waals surface area contributed by atoms with Crippen molar-refractivity contribution in [3.63, 3.8) is 0 Å². The number of hydrogen-bond acceptors (Lipinski definition) is 7. The van der Waals surface area contributed by atoms with E-state index in [2.05, 4.69) is 45.1 Å². The van der Waals surface area contributed by atoms with E-state index in [1.54, 1.807) is 29.8 Å². The summed E-state index contributed by atoms with van der Waals surface area (Å²) in [6.45, 7) is 1.26. The number of thiazole rings is 1. The first-order valence-electron chi connectivity index (χ1n) is 10.1. The van der Waals surface area contributed by atoms with Crippen LogP contribution in [0.5, 0.6) is 0 Å². The van der Waals surface area contributed by atoms with Crippen LogP contribution in [0.3, 0.4) is 0 Å². The van der Waals surface area contributed by atoms with Crippen molar-refractivity contribution >= 4 is 28.1 Å². The summed E-state index contributed by atoms with van der Waals surface area (Å²) < 4.78 is 4.84. The largest absolute Gasteiger partial charge is 0.364 e. The lowest BCUT2D eigenvalue weighted by Crippen LogP contribution is -2.46. The highest BCUT2D eigenvalue weighted by Crippen LogP contribution is 2.43. The number of benzene rings is 1. The molecule has 1 saturated heterocycles. The topological polar surface area (TPSA) is 84.2 Å². The monoisotopic (exact) mass is 431 g/mol. The number of carbonyl (C=O) groups excluding carboxylic acids is 1. The number of likely N-dealkylation sites (tertiary alicyclic amines) is 1. The van der Waals surface area contributed by atoms with Gasteiger partial charge in [-0.15, -0.1) is 11.3 Å². The number of nitrogens with zero attached hydrogens (tertiary/aromatic N) is 4. The van der Waals surface area contributed by atoms with E-state index >= 15 is 0 Å². The van der Waals surface area contributed by atoms with Gasteiger partial charge in [0.25, 0.3) is 5.91 Å². The molecule has 1 aliphatic rings. The number of hydrogen-bond donors (Lipinski definition) is 1. The van der Waals surface area contributed by atoms with E-state index in [0.29, 0.717) is 18.8 Å². The zero-order valence-electron chi connectivity index (χ0n) is 16.8. The Morgan fingerprint density at radius 2 is 1.84 bits per heavy atom. The molecular weight excluding hydrogens is 410 g/mol. The third kappa shape index (κ3) is 3.82. The molecule has 1 aliphatic heterocycles. The van der Waals surface area contributed by atoms with Gasteiger partial charge < -0.3 is 14.7 Å². The first-order valence-corrected chi connectivity index (χ1v) is 11.0. The maximum absolute atomic E-state index is 12.7. The van der Waals surface area contributed by atoms with Crippen molar-refractivity contribution < 1.29 is 9.32 Å². The molecule has 1 amide bonds. The molecule has 4 aromatic rings. The van der Waals surface area contributed by atoms with E-state index in [1.807, 2.05) is 23.1 Å². The summed E-state index contributed by atoms with van der Waals surface area (Å²) in [6.07, 6.45) is 6.52. The number of piperidine rings is 1. The number of rotatable bonds is 5. The standard InChI is InChI=1S/C23H21N5O2S/c29-21(19-8-15-30-27-19)28-13-9-23(10-14-28,17-4-2-1-3-5-17)20-16-31-22(26-20)25-18-6-11-24-12-7-18/h1-8,11-12,15-16H,9-10,13-14H2,(H,24,25,26). The minimum atomic E-state index is -0.240. The van der Waals surface area contributed by atoms with E-state index in [4.69, 9.17) is 9.51 Å². The van der Waals surface area contributed by atoms with Gasteiger partial charge in [0, 0.05) is 48.0 Å². The Morgan fingerprint density at radius 1 is 1.06 bits per heavy atom. The first-order chi connectivity index (χ1) is 15.2. The maximum atomic E-state index is 12.7. The second-order valence-electron chi connectivity index (χ2n) is 7.52. The predicted molar refractivity (Wildman–Crippen MR) is 118 cm³/mol. The molecule has 156 valence electrons. The van der Waals surface area contributed by atoms with Crippen molar-refractivity contribution in [2.75, 3.05) is 18.4 Å². The summed E-state index contributed by atoms with van der Waals surface area (Å²) in [6, 6.07) is 15.9. The number of nitrogens with one attached hydrogen (secondary N) is 1. The van der Waals surface area contributed by atoms with Gasteiger partial charge in [0.1, 0.15) is 6.26 Å². The lowest BCUT2D eigenvalue weighted by Gasteiger charge is -2.41. The Morgan fingerprint density at radius 3 is 2.55 bits per heavy atom. The molecular formula is C23H21N5O2S. The van der Waals surface area contributed by atoms with Gasteiger partial charge in [0.2, 0.25) is 0 Å². The lowest BCUT2D eigenvalue weighted by molar-refractivity contribution is 0.0673. The molecule has 0 saturated carbocycles. The summed E-state index contributed by atoms with van der Waals surface area (Å²) in [4.78, 5) is 23.6. The molecule has 0 aliphatic carbocycles. The fraction of sp³-hybridized carbons (Fsp3) is 0.217. The van der Waals surface area contributed by atoms with Gasteiger partial charge in [-0.3, -0.25) is 9.78 Å². The summed E-state index contributed by atoms with van der Waals surface area (Å²) in [5, 5.41) is 10.1. The third-order valence-corrected chi connectivity index (χ3v) is 6.57. The quantitative estimate of drug-likeness (QED) is 0.501. The van der Waals surface area contributed by atoms with E-state index in [1.165, 1.54) is 11.8 Å². The molecule has 3 aromatic heterocycles. The molecule has 31 heavy (non-hydrogen) atoms. The van der Waals surface area contributed by atoms with Crippen LogP contribution in [0.2, 0.25) is 0 Å². The molecule has 1 N–H and O–H groups in total. The van der Waals surface area contributed by atoms with Gasteiger partial charge in [0.05, 0.1) is 5.69 Å². The Hall–Kier alpha value is -3.52. The highest BCUT2D eigenvalue weighted by atomic mass is 32.1. The zero-order chi connectivity index (χ0) is 21.1. The lowest BCUT2D eigenvalue weighted by atomic mass is 9.70. The Kier molecular flexibility index (Phi) is 5.21. The Balaban J connectivity index is 1.42. The fourth-order valence-corrected chi connectivity index (χ4v) is 4.97. The van der Waals surface area contributed by atoms with Gasteiger partial charge in [-0.2, -0.15) is 0 Å². The second kappa shape index (κ2) is 8.31. The van der Waals surface area contributed by atoms with Crippen molar-refractivity contribution in [1.29, 1.82) is 0 Å². The highest BCUT2D eigenvalue weighted by Gasteiger charge is 2.41. The number of amides is 1. The van der Waals surface area contributed by atoms with E-state index in [0.717, 1.165) is 29.4 Å². The minimum absolute atomic E-state index is 0.0891. The van der Waals surface area contributed by atoms with Crippen molar-refractivity contribution in [2.24, 2.45) is 0 Å². The normalized spacial score (nSPS) is 15.5. The van der Waals surface area contributed by atoms with Crippen LogP contribution in [0.4, 0.5) is 10.8 Å². The van der Waals surface area contributed by atoms with Crippen LogP contribution in [-0.4, -0.2) is 39.0 Å². The average Bonchev–Trinajstić information content (AvgIpc) is 3.53. The molecule has 0 atom stereocenters. The van der Waals surface area contributed by atoms with Gasteiger partial charge >= 0.3 is 0 Å². The molecule has 5 rings (SSSR count).